The van der Waals surface area contributed by atoms with Crippen molar-refractivity contribution in [2.75, 3.05) is 0 Å². The van der Waals surface area contributed by atoms with Crippen LogP contribution in [0.25, 0.3) is 5.65 Å². The van der Waals surface area contributed by atoms with Crippen molar-refractivity contribution < 1.29 is 0 Å². The minimum Gasteiger partial charge on any atom is -0.326 e. The average Bonchev–Trinajstić information content (AvgIpc) is 2.56. The summed E-state index contributed by atoms with van der Waals surface area (Å²) < 4.78 is 2.09. The summed E-state index contributed by atoms with van der Waals surface area (Å²) in [4.78, 5) is 4.63. The zero-order valence-electron chi connectivity index (χ0n) is 8.69. The molecule has 2 aromatic heterocycles. The molecule has 2 heterocycles. The van der Waals surface area contributed by atoms with Crippen LogP contribution in [0.4, 0.5) is 0 Å². The van der Waals surface area contributed by atoms with Gasteiger partial charge in [0.05, 0.1) is 5.69 Å². The van der Waals surface area contributed by atoms with Crippen molar-refractivity contribution in [2.24, 2.45) is 5.73 Å². The third kappa shape index (κ3) is 1.43. The molecule has 0 amide bonds. The second-order valence-corrected chi connectivity index (χ2v) is 4.30. The minimum absolute atomic E-state index is 0.590. The maximum absolute atomic E-state index is 5.61. The van der Waals surface area contributed by atoms with Crippen LogP contribution < -0.4 is 5.73 Å². The number of imidazole rings is 1. The predicted octanol–water partition coefficient (Wildman–Crippen LogP) is 2.06. The molecular weight excluding hydrogens is 186 g/mol. The van der Waals surface area contributed by atoms with Gasteiger partial charge in [-0.05, 0) is 24.5 Å². The van der Waals surface area contributed by atoms with Gasteiger partial charge in [0.2, 0.25) is 0 Å². The normalized spacial score (nSPS) is 16.9. The zero-order chi connectivity index (χ0) is 10.3. The molecule has 2 N–H and O–H groups in total. The molecule has 0 aromatic carbocycles. The quantitative estimate of drug-likeness (QED) is 0.808. The lowest BCUT2D eigenvalue weighted by atomic mass is 9.83. The molecule has 3 heteroatoms. The first-order valence-electron chi connectivity index (χ1n) is 5.54. The standard InChI is InChI=1S/C12H15N3/c13-6-9-4-5-12-14-11(8-15(12)7-9)10-2-1-3-10/h4-5,7-8,10H,1-3,6,13H2. The Bertz CT molecular complexity index is 483. The number of nitrogens with zero attached hydrogens (tertiary/aromatic N) is 2. The smallest absolute Gasteiger partial charge is 0.137 e. The molecule has 0 unspecified atom stereocenters. The molecule has 0 spiro atoms. The largest absolute Gasteiger partial charge is 0.326 e. The number of nitrogens with two attached hydrogens (primary N) is 1. The molecule has 3 nitrogen and oxygen atoms in total. The van der Waals surface area contributed by atoms with Gasteiger partial charge in [0.15, 0.2) is 0 Å². The fraction of sp³-hybridized carbons (Fsp3) is 0.417. The van der Waals surface area contributed by atoms with Gasteiger partial charge in [-0.3, -0.25) is 0 Å². The molecule has 78 valence electrons. The van der Waals surface area contributed by atoms with Crippen LogP contribution in [0.1, 0.15) is 36.4 Å². The van der Waals surface area contributed by atoms with Gasteiger partial charge in [-0.1, -0.05) is 12.5 Å². The van der Waals surface area contributed by atoms with Crippen molar-refractivity contribution in [1.29, 1.82) is 0 Å². The Morgan fingerprint density at radius 2 is 2.20 bits per heavy atom. The second kappa shape index (κ2) is 3.35. The van der Waals surface area contributed by atoms with Gasteiger partial charge in [0.25, 0.3) is 0 Å². The molecule has 0 saturated heterocycles. The van der Waals surface area contributed by atoms with Crippen molar-refractivity contribution in [1.82, 2.24) is 9.38 Å². The van der Waals surface area contributed by atoms with E-state index in [2.05, 4.69) is 21.8 Å². The Morgan fingerprint density at radius 3 is 2.87 bits per heavy atom. The third-order valence-electron chi connectivity index (χ3n) is 3.29. The number of hydrogen-bond donors (Lipinski definition) is 1. The summed E-state index contributed by atoms with van der Waals surface area (Å²) >= 11 is 0. The van der Waals surface area contributed by atoms with Gasteiger partial charge in [-0.2, -0.15) is 0 Å². The van der Waals surface area contributed by atoms with E-state index in [1.54, 1.807) is 0 Å². The Balaban J connectivity index is 2.04. The van der Waals surface area contributed by atoms with Gasteiger partial charge in [0.1, 0.15) is 5.65 Å². The number of pyridine rings is 1. The van der Waals surface area contributed by atoms with E-state index in [1.807, 2.05) is 12.1 Å². The topological polar surface area (TPSA) is 43.3 Å². The summed E-state index contributed by atoms with van der Waals surface area (Å²) in [6.07, 6.45) is 8.18. The van der Waals surface area contributed by atoms with Crippen molar-refractivity contribution in [3.05, 3.63) is 35.8 Å². The first-order valence-corrected chi connectivity index (χ1v) is 5.54. The monoisotopic (exact) mass is 201 g/mol. The molecule has 0 aliphatic heterocycles. The maximum atomic E-state index is 5.61. The van der Waals surface area contributed by atoms with Crippen molar-refractivity contribution >= 4 is 5.65 Å². The van der Waals surface area contributed by atoms with Crippen molar-refractivity contribution in [3.8, 4) is 0 Å². The molecule has 1 aliphatic carbocycles. The molecule has 2 aromatic rings. The Kier molecular flexibility index (Phi) is 1.99. The lowest BCUT2D eigenvalue weighted by Gasteiger charge is -2.22. The van der Waals surface area contributed by atoms with Crippen molar-refractivity contribution in [2.45, 2.75) is 31.7 Å². The summed E-state index contributed by atoms with van der Waals surface area (Å²) in [6.45, 7) is 0.590. The van der Waals surface area contributed by atoms with Crippen LogP contribution in [0, 0.1) is 0 Å². The molecule has 15 heavy (non-hydrogen) atoms. The lowest BCUT2D eigenvalue weighted by molar-refractivity contribution is 0.412. The number of fused-ring (bicyclic) bond motifs is 1. The molecule has 0 atom stereocenters. The highest BCUT2D eigenvalue weighted by atomic mass is 15.0. The van der Waals surface area contributed by atoms with Gasteiger partial charge in [-0.25, -0.2) is 4.98 Å². The summed E-state index contributed by atoms with van der Waals surface area (Å²) in [6, 6.07) is 4.09. The highest BCUT2D eigenvalue weighted by Crippen LogP contribution is 2.35. The average molecular weight is 201 g/mol. The van der Waals surface area contributed by atoms with Crippen LogP contribution in [-0.2, 0) is 6.54 Å². The van der Waals surface area contributed by atoms with Crippen LogP contribution in [0.15, 0.2) is 24.5 Å². The van der Waals surface area contributed by atoms with Gasteiger partial charge < -0.3 is 10.1 Å². The summed E-state index contributed by atoms with van der Waals surface area (Å²) in [5, 5.41) is 0. The Labute approximate surface area is 88.9 Å². The minimum atomic E-state index is 0.590. The van der Waals surface area contributed by atoms with E-state index < -0.39 is 0 Å². The second-order valence-electron chi connectivity index (χ2n) is 4.30. The predicted molar refractivity (Wildman–Crippen MR) is 59.7 cm³/mol. The Morgan fingerprint density at radius 1 is 1.33 bits per heavy atom. The number of rotatable bonds is 2. The molecular formula is C12H15N3. The Hall–Kier alpha value is -1.35. The maximum Gasteiger partial charge on any atom is 0.137 e. The molecule has 3 rings (SSSR count). The van der Waals surface area contributed by atoms with Gasteiger partial charge >= 0.3 is 0 Å². The van der Waals surface area contributed by atoms with E-state index in [4.69, 9.17) is 5.73 Å². The third-order valence-corrected chi connectivity index (χ3v) is 3.29. The summed E-state index contributed by atoms with van der Waals surface area (Å²) in [5.74, 6) is 0.700. The van der Waals surface area contributed by atoms with Crippen LogP contribution in [0.2, 0.25) is 0 Å². The van der Waals surface area contributed by atoms with Crippen LogP contribution in [0.5, 0.6) is 0 Å². The van der Waals surface area contributed by atoms with E-state index in [1.165, 1.54) is 25.0 Å². The molecule has 1 aliphatic rings. The lowest BCUT2D eigenvalue weighted by Crippen LogP contribution is -2.08. The highest BCUT2D eigenvalue weighted by Gasteiger charge is 2.21. The fourth-order valence-electron chi connectivity index (χ4n) is 2.08. The van der Waals surface area contributed by atoms with Crippen LogP contribution >= 0.6 is 0 Å². The van der Waals surface area contributed by atoms with E-state index in [0.717, 1.165) is 11.2 Å². The molecule has 0 radical (unpaired) electrons. The zero-order valence-corrected chi connectivity index (χ0v) is 8.69. The van der Waals surface area contributed by atoms with Gasteiger partial charge in [0, 0.05) is 24.9 Å². The molecule has 1 saturated carbocycles. The van der Waals surface area contributed by atoms with E-state index in [9.17, 15) is 0 Å². The molecule has 1 fully saturated rings. The van der Waals surface area contributed by atoms with E-state index in [-0.39, 0.29) is 0 Å². The number of aromatic nitrogens is 2. The fourth-order valence-corrected chi connectivity index (χ4v) is 2.08. The van der Waals surface area contributed by atoms with E-state index in [0.29, 0.717) is 12.5 Å². The first kappa shape index (κ1) is 8.92. The van der Waals surface area contributed by atoms with Gasteiger partial charge in [-0.15, -0.1) is 0 Å². The van der Waals surface area contributed by atoms with Crippen LogP contribution in [-0.4, -0.2) is 9.38 Å². The van der Waals surface area contributed by atoms with E-state index >= 15 is 0 Å². The van der Waals surface area contributed by atoms with Crippen LogP contribution in [0.3, 0.4) is 0 Å². The SMILES string of the molecule is NCc1ccc2nc(C3CCC3)cn2c1. The van der Waals surface area contributed by atoms with Crippen molar-refractivity contribution in [3.63, 3.8) is 0 Å². The highest BCUT2D eigenvalue weighted by molar-refractivity contribution is 5.42. The molecule has 0 bridgehead atoms. The first-order chi connectivity index (χ1) is 7.36. The number of hydrogen-bond acceptors (Lipinski definition) is 2. The summed E-state index contributed by atoms with van der Waals surface area (Å²) in [5.41, 5.74) is 9.05. The summed E-state index contributed by atoms with van der Waals surface area (Å²) in [7, 11) is 0.